The molecule has 3 rings (SSSR count). The highest BCUT2D eigenvalue weighted by Gasteiger charge is 2.27. The van der Waals surface area contributed by atoms with Crippen LogP contribution >= 0.6 is 0 Å². The predicted octanol–water partition coefficient (Wildman–Crippen LogP) is 2.92. The Labute approximate surface area is 116 Å². The van der Waals surface area contributed by atoms with Gasteiger partial charge in [0.15, 0.2) is 0 Å². The van der Waals surface area contributed by atoms with E-state index in [4.69, 9.17) is 5.73 Å². The molecule has 1 heterocycles. The lowest BCUT2D eigenvalue weighted by Crippen LogP contribution is -2.30. The highest BCUT2D eigenvalue weighted by atomic mass is 19.1. The molecule has 0 spiro atoms. The highest BCUT2D eigenvalue weighted by molar-refractivity contribution is 6.08. The number of nitrogens with zero attached hydrogens (tertiary/aromatic N) is 1. The van der Waals surface area contributed by atoms with Gasteiger partial charge in [0.25, 0.3) is 5.91 Å². The molecule has 2 aromatic rings. The van der Waals surface area contributed by atoms with E-state index >= 15 is 0 Å². The van der Waals surface area contributed by atoms with Crippen LogP contribution in [0, 0.1) is 12.7 Å². The second-order valence-electron chi connectivity index (χ2n) is 5.03. The molecule has 0 bridgehead atoms. The molecule has 0 radical (unpaired) electrons. The van der Waals surface area contributed by atoms with E-state index in [1.807, 2.05) is 24.3 Å². The molecule has 3 nitrogen and oxygen atoms in total. The number of aryl methyl sites for hydroxylation is 1. The first-order valence-corrected chi connectivity index (χ1v) is 6.53. The number of para-hydroxylation sites is 1. The van der Waals surface area contributed by atoms with Crippen LogP contribution in [0.2, 0.25) is 0 Å². The smallest absolute Gasteiger partial charge is 0.261 e. The van der Waals surface area contributed by atoms with E-state index in [1.165, 1.54) is 12.1 Å². The molecule has 0 fully saturated rings. The summed E-state index contributed by atoms with van der Waals surface area (Å²) in [5.74, 6) is -0.823. The lowest BCUT2D eigenvalue weighted by atomic mass is 10.1. The van der Waals surface area contributed by atoms with Gasteiger partial charge < -0.3 is 10.6 Å². The molecule has 1 aliphatic rings. The van der Waals surface area contributed by atoms with Gasteiger partial charge in [-0.2, -0.15) is 0 Å². The van der Waals surface area contributed by atoms with Crippen molar-refractivity contribution in [2.75, 3.05) is 17.2 Å². The van der Waals surface area contributed by atoms with Crippen molar-refractivity contribution in [1.82, 2.24) is 0 Å². The first kappa shape index (κ1) is 12.7. The molecular weight excluding hydrogens is 255 g/mol. The largest absolute Gasteiger partial charge is 0.399 e. The minimum atomic E-state index is -0.492. The van der Waals surface area contributed by atoms with Gasteiger partial charge in [0.05, 0.1) is 5.56 Å². The number of nitrogen functional groups attached to an aromatic ring is 1. The first-order chi connectivity index (χ1) is 9.58. The summed E-state index contributed by atoms with van der Waals surface area (Å²) in [7, 11) is 0. The van der Waals surface area contributed by atoms with E-state index in [9.17, 15) is 9.18 Å². The maximum Gasteiger partial charge on any atom is 0.261 e. The average molecular weight is 270 g/mol. The SMILES string of the molecule is Cc1cc(N)cc(C(=O)N2CCc3ccccc32)c1F. The van der Waals surface area contributed by atoms with E-state index in [-0.39, 0.29) is 11.5 Å². The summed E-state index contributed by atoms with van der Waals surface area (Å²) in [6.07, 6.45) is 0.796. The predicted molar refractivity (Wildman–Crippen MR) is 77.4 cm³/mol. The third kappa shape index (κ3) is 1.93. The van der Waals surface area contributed by atoms with E-state index in [1.54, 1.807) is 11.8 Å². The van der Waals surface area contributed by atoms with Crippen LogP contribution in [0.15, 0.2) is 36.4 Å². The van der Waals surface area contributed by atoms with Crippen LogP contribution < -0.4 is 10.6 Å². The molecule has 102 valence electrons. The fourth-order valence-electron chi connectivity index (χ4n) is 2.65. The monoisotopic (exact) mass is 270 g/mol. The van der Waals surface area contributed by atoms with Crippen molar-refractivity contribution < 1.29 is 9.18 Å². The number of hydrogen-bond acceptors (Lipinski definition) is 2. The van der Waals surface area contributed by atoms with Crippen molar-refractivity contribution in [1.29, 1.82) is 0 Å². The fraction of sp³-hybridized carbons (Fsp3) is 0.188. The number of carbonyl (C=O) groups is 1. The van der Waals surface area contributed by atoms with Crippen molar-refractivity contribution in [3.63, 3.8) is 0 Å². The summed E-state index contributed by atoms with van der Waals surface area (Å²) in [4.78, 5) is 14.2. The Morgan fingerprint density at radius 3 is 2.85 bits per heavy atom. The molecule has 2 N–H and O–H groups in total. The maximum atomic E-state index is 14.2. The number of rotatable bonds is 1. The number of anilines is 2. The number of amides is 1. The van der Waals surface area contributed by atoms with Gasteiger partial charge in [-0.15, -0.1) is 0 Å². The van der Waals surface area contributed by atoms with Crippen molar-refractivity contribution in [2.24, 2.45) is 0 Å². The number of halogens is 1. The van der Waals surface area contributed by atoms with Gasteiger partial charge in [-0.1, -0.05) is 18.2 Å². The van der Waals surface area contributed by atoms with Crippen LogP contribution in [0.5, 0.6) is 0 Å². The van der Waals surface area contributed by atoms with Crippen LogP contribution in [-0.2, 0) is 6.42 Å². The Bertz CT molecular complexity index is 697. The Balaban J connectivity index is 2.03. The molecule has 20 heavy (non-hydrogen) atoms. The van der Waals surface area contributed by atoms with Crippen molar-refractivity contribution in [2.45, 2.75) is 13.3 Å². The van der Waals surface area contributed by atoms with Gasteiger partial charge in [0.2, 0.25) is 0 Å². The molecule has 0 aliphatic carbocycles. The minimum absolute atomic E-state index is 0.0409. The quantitative estimate of drug-likeness (QED) is 0.810. The summed E-state index contributed by atoms with van der Waals surface area (Å²) in [6.45, 7) is 2.19. The number of fused-ring (bicyclic) bond motifs is 1. The van der Waals surface area contributed by atoms with E-state index in [0.29, 0.717) is 17.8 Å². The van der Waals surface area contributed by atoms with Gasteiger partial charge in [0, 0.05) is 17.9 Å². The average Bonchev–Trinajstić information content (AvgIpc) is 2.86. The number of benzene rings is 2. The summed E-state index contributed by atoms with van der Waals surface area (Å²) < 4.78 is 14.2. The van der Waals surface area contributed by atoms with Crippen molar-refractivity contribution >= 4 is 17.3 Å². The van der Waals surface area contributed by atoms with E-state index < -0.39 is 5.82 Å². The van der Waals surface area contributed by atoms with E-state index in [2.05, 4.69) is 0 Å². The van der Waals surface area contributed by atoms with Gasteiger partial charge in [-0.25, -0.2) is 4.39 Å². The molecule has 0 unspecified atom stereocenters. The van der Waals surface area contributed by atoms with Crippen molar-refractivity contribution in [3.8, 4) is 0 Å². The maximum absolute atomic E-state index is 14.2. The number of hydrogen-bond donors (Lipinski definition) is 1. The Hall–Kier alpha value is -2.36. The van der Waals surface area contributed by atoms with Crippen LogP contribution in [0.3, 0.4) is 0 Å². The molecular formula is C16H15FN2O. The number of nitrogens with two attached hydrogens (primary N) is 1. The molecule has 0 saturated heterocycles. The van der Waals surface area contributed by atoms with Crippen LogP contribution in [0.4, 0.5) is 15.8 Å². The first-order valence-electron chi connectivity index (χ1n) is 6.53. The van der Waals surface area contributed by atoms with Crippen molar-refractivity contribution in [3.05, 3.63) is 58.9 Å². The molecule has 1 aliphatic heterocycles. The number of carbonyl (C=O) groups excluding carboxylic acids is 1. The third-order valence-electron chi connectivity index (χ3n) is 3.64. The van der Waals surface area contributed by atoms with Crippen LogP contribution in [0.25, 0.3) is 0 Å². The van der Waals surface area contributed by atoms with Gasteiger partial charge in [0.1, 0.15) is 5.82 Å². The highest BCUT2D eigenvalue weighted by Crippen LogP contribution is 2.30. The van der Waals surface area contributed by atoms with Gasteiger partial charge >= 0.3 is 0 Å². The third-order valence-corrected chi connectivity index (χ3v) is 3.64. The Morgan fingerprint density at radius 2 is 2.05 bits per heavy atom. The van der Waals surface area contributed by atoms with Gasteiger partial charge in [-0.3, -0.25) is 4.79 Å². The van der Waals surface area contributed by atoms with Gasteiger partial charge in [-0.05, 0) is 42.7 Å². The molecule has 0 atom stereocenters. The Kier molecular flexibility index (Phi) is 2.93. The molecule has 0 aromatic heterocycles. The lowest BCUT2D eigenvalue weighted by molar-refractivity contribution is 0.0985. The summed E-state index contributed by atoms with van der Waals surface area (Å²) in [5.41, 5.74) is 8.53. The zero-order valence-corrected chi connectivity index (χ0v) is 11.2. The topological polar surface area (TPSA) is 46.3 Å². The molecule has 2 aromatic carbocycles. The standard InChI is InChI=1S/C16H15FN2O/c1-10-8-12(18)9-13(15(10)17)16(20)19-7-6-11-4-2-3-5-14(11)19/h2-5,8-9H,6-7,18H2,1H3. The minimum Gasteiger partial charge on any atom is -0.399 e. The Morgan fingerprint density at radius 1 is 1.30 bits per heavy atom. The zero-order chi connectivity index (χ0) is 14.3. The molecule has 1 amide bonds. The second kappa shape index (κ2) is 4.63. The molecule has 4 heteroatoms. The second-order valence-corrected chi connectivity index (χ2v) is 5.03. The van der Waals surface area contributed by atoms with E-state index in [0.717, 1.165) is 17.7 Å². The van der Waals surface area contributed by atoms with Crippen LogP contribution in [0.1, 0.15) is 21.5 Å². The lowest BCUT2D eigenvalue weighted by Gasteiger charge is -2.18. The zero-order valence-electron chi connectivity index (χ0n) is 11.2. The summed E-state index contributed by atoms with van der Waals surface area (Å²) in [5, 5.41) is 0. The fourth-order valence-corrected chi connectivity index (χ4v) is 2.65. The summed E-state index contributed by atoms with van der Waals surface area (Å²) in [6, 6.07) is 10.6. The summed E-state index contributed by atoms with van der Waals surface area (Å²) >= 11 is 0. The van der Waals surface area contributed by atoms with Crippen LogP contribution in [-0.4, -0.2) is 12.5 Å². The molecule has 0 saturated carbocycles. The normalized spacial score (nSPS) is 13.4.